The van der Waals surface area contributed by atoms with Gasteiger partial charge >= 0.3 is 0 Å². The minimum Gasteiger partial charge on any atom is -0.399 e. The molecule has 0 atom stereocenters. The lowest BCUT2D eigenvalue weighted by molar-refractivity contribution is 0.211. The van der Waals surface area contributed by atoms with E-state index in [4.69, 9.17) is 5.26 Å². The number of nitrogens with zero attached hydrogens (tertiary/aromatic N) is 2. The van der Waals surface area contributed by atoms with Gasteiger partial charge in [-0.3, -0.25) is 0 Å². The molecule has 0 saturated carbocycles. The average Bonchev–Trinajstić information content (AvgIpc) is 2.10. The van der Waals surface area contributed by atoms with E-state index in [1.165, 1.54) is 0 Å². The lowest BCUT2D eigenvalue weighted by Crippen LogP contribution is -1.96. The number of oxime groups is 1. The number of unbranched alkanes of at least 4 members (excludes halogenated alkanes) is 2. The molecule has 0 aromatic heterocycles. The van der Waals surface area contributed by atoms with E-state index in [9.17, 15) is 0 Å². The van der Waals surface area contributed by atoms with Crippen molar-refractivity contribution < 1.29 is 4.84 Å². The van der Waals surface area contributed by atoms with Gasteiger partial charge in [-0.25, -0.2) is 0 Å². The van der Waals surface area contributed by atoms with Crippen molar-refractivity contribution in [1.82, 2.24) is 0 Å². The predicted octanol–water partition coefficient (Wildman–Crippen LogP) is 2.48. The van der Waals surface area contributed by atoms with E-state index in [0.29, 0.717) is 6.42 Å². The number of hydrogen-bond acceptors (Lipinski definition) is 3. The molecule has 0 bridgehead atoms. The molecule has 0 N–H and O–H groups in total. The molecule has 0 aromatic rings. The predicted molar refractivity (Wildman–Crippen MR) is 48.8 cm³/mol. The molecule has 0 aliphatic carbocycles. The van der Waals surface area contributed by atoms with Crippen LogP contribution in [0.4, 0.5) is 0 Å². The van der Waals surface area contributed by atoms with Gasteiger partial charge in [0.1, 0.15) is 7.11 Å². The van der Waals surface area contributed by atoms with Crippen LogP contribution in [0.15, 0.2) is 5.16 Å². The molecule has 68 valence electrons. The minimum absolute atomic E-state index is 0.643. The molecule has 0 radical (unpaired) electrons. The van der Waals surface area contributed by atoms with Crippen LogP contribution in [0.2, 0.25) is 0 Å². The minimum atomic E-state index is 0.643. The van der Waals surface area contributed by atoms with E-state index in [1.807, 2.05) is 0 Å². The van der Waals surface area contributed by atoms with Crippen LogP contribution in [0.25, 0.3) is 0 Å². The topological polar surface area (TPSA) is 45.4 Å². The summed E-state index contributed by atoms with van der Waals surface area (Å²) in [6.07, 6.45) is 4.51. The lowest BCUT2D eigenvalue weighted by Gasteiger charge is -2.00. The molecule has 3 nitrogen and oxygen atoms in total. The van der Waals surface area contributed by atoms with Crippen molar-refractivity contribution >= 4 is 5.71 Å². The van der Waals surface area contributed by atoms with E-state index in [1.54, 1.807) is 7.11 Å². The van der Waals surface area contributed by atoms with Crippen LogP contribution >= 0.6 is 0 Å². The summed E-state index contributed by atoms with van der Waals surface area (Å²) >= 11 is 0. The summed E-state index contributed by atoms with van der Waals surface area (Å²) < 4.78 is 0. The van der Waals surface area contributed by atoms with Gasteiger partial charge in [0.05, 0.1) is 11.8 Å². The van der Waals surface area contributed by atoms with Crippen LogP contribution in [0.1, 0.15) is 39.0 Å². The van der Waals surface area contributed by atoms with Gasteiger partial charge in [-0.05, 0) is 25.7 Å². The van der Waals surface area contributed by atoms with Crippen molar-refractivity contribution in [1.29, 1.82) is 5.26 Å². The third-order valence-electron chi connectivity index (χ3n) is 1.63. The second-order valence-corrected chi connectivity index (χ2v) is 2.56. The third-order valence-corrected chi connectivity index (χ3v) is 1.63. The van der Waals surface area contributed by atoms with Gasteiger partial charge in [-0.1, -0.05) is 12.1 Å². The zero-order valence-corrected chi connectivity index (χ0v) is 7.84. The zero-order valence-electron chi connectivity index (χ0n) is 7.84. The second-order valence-electron chi connectivity index (χ2n) is 2.56. The van der Waals surface area contributed by atoms with E-state index in [-0.39, 0.29) is 0 Å². The highest BCUT2D eigenvalue weighted by Crippen LogP contribution is 2.03. The summed E-state index contributed by atoms with van der Waals surface area (Å²) in [7, 11) is 1.56. The second kappa shape index (κ2) is 8.06. The highest BCUT2D eigenvalue weighted by Gasteiger charge is 1.96. The summed E-state index contributed by atoms with van der Waals surface area (Å²) in [5.74, 6) is 0. The molecule has 0 aliphatic rings. The number of nitriles is 1. The van der Waals surface area contributed by atoms with Gasteiger partial charge in [0.25, 0.3) is 0 Å². The van der Waals surface area contributed by atoms with E-state index < -0.39 is 0 Å². The van der Waals surface area contributed by atoms with Crippen molar-refractivity contribution in [3.8, 4) is 6.07 Å². The van der Waals surface area contributed by atoms with Gasteiger partial charge in [0, 0.05) is 6.42 Å². The Hall–Kier alpha value is -1.04. The molecule has 0 aliphatic heterocycles. The molecule has 0 heterocycles. The quantitative estimate of drug-likeness (QED) is 0.347. The van der Waals surface area contributed by atoms with Crippen molar-refractivity contribution in [3.05, 3.63) is 0 Å². The van der Waals surface area contributed by atoms with Crippen LogP contribution in [0.3, 0.4) is 0 Å². The molecular weight excluding hydrogens is 152 g/mol. The highest BCUT2D eigenvalue weighted by atomic mass is 16.6. The normalized spacial score (nSPS) is 10.9. The van der Waals surface area contributed by atoms with Crippen LogP contribution in [0.5, 0.6) is 0 Å². The van der Waals surface area contributed by atoms with Crippen molar-refractivity contribution in [2.24, 2.45) is 5.16 Å². The lowest BCUT2D eigenvalue weighted by atomic mass is 10.1. The Balaban J connectivity index is 3.46. The Morgan fingerprint density at radius 2 is 2.25 bits per heavy atom. The van der Waals surface area contributed by atoms with Gasteiger partial charge < -0.3 is 4.84 Å². The number of hydrogen-bond donors (Lipinski definition) is 0. The van der Waals surface area contributed by atoms with Gasteiger partial charge in [0.15, 0.2) is 0 Å². The average molecular weight is 168 g/mol. The summed E-state index contributed by atoms with van der Waals surface area (Å²) in [5.41, 5.74) is 1.08. The zero-order chi connectivity index (χ0) is 9.23. The molecule has 0 spiro atoms. The maximum Gasteiger partial charge on any atom is 0.106 e. The SMILES string of the molecule is CCC(CCCCC#N)=NOC. The molecule has 0 unspecified atom stereocenters. The van der Waals surface area contributed by atoms with Gasteiger partial charge in [-0.15, -0.1) is 0 Å². The summed E-state index contributed by atoms with van der Waals surface area (Å²) in [4.78, 5) is 4.67. The standard InChI is InChI=1S/C9H16N2O/c1-3-9(11-12-2)7-5-4-6-8-10/h3-7H2,1-2H3. The molecule has 3 heteroatoms. The summed E-state index contributed by atoms with van der Waals surface area (Å²) in [5, 5.41) is 12.2. The maximum atomic E-state index is 8.29. The first kappa shape index (κ1) is 11.0. The third kappa shape index (κ3) is 5.72. The first-order valence-corrected chi connectivity index (χ1v) is 4.31. The van der Waals surface area contributed by atoms with E-state index in [0.717, 1.165) is 31.4 Å². The van der Waals surface area contributed by atoms with E-state index in [2.05, 4.69) is 23.0 Å². The monoisotopic (exact) mass is 168 g/mol. The first-order chi connectivity index (χ1) is 5.85. The molecule has 12 heavy (non-hydrogen) atoms. The fraction of sp³-hybridized carbons (Fsp3) is 0.778. The Kier molecular flexibility index (Phi) is 7.36. The van der Waals surface area contributed by atoms with Crippen LogP contribution < -0.4 is 0 Å². The Morgan fingerprint density at radius 3 is 2.75 bits per heavy atom. The van der Waals surface area contributed by atoms with Crippen molar-refractivity contribution in [3.63, 3.8) is 0 Å². The summed E-state index contributed by atoms with van der Waals surface area (Å²) in [6, 6.07) is 2.12. The van der Waals surface area contributed by atoms with Gasteiger partial charge in [-0.2, -0.15) is 5.26 Å². The molecule has 0 aromatic carbocycles. The first-order valence-electron chi connectivity index (χ1n) is 4.31. The fourth-order valence-electron chi connectivity index (χ4n) is 0.949. The smallest absolute Gasteiger partial charge is 0.106 e. The molecule has 0 amide bonds. The fourth-order valence-corrected chi connectivity index (χ4v) is 0.949. The Morgan fingerprint density at radius 1 is 1.50 bits per heavy atom. The summed E-state index contributed by atoms with van der Waals surface area (Å²) in [6.45, 7) is 2.06. The molecule has 0 fully saturated rings. The van der Waals surface area contributed by atoms with Crippen LogP contribution in [0, 0.1) is 11.3 Å². The number of rotatable bonds is 6. The van der Waals surface area contributed by atoms with Crippen LogP contribution in [-0.4, -0.2) is 12.8 Å². The molecule has 0 rings (SSSR count). The van der Waals surface area contributed by atoms with Gasteiger partial charge in [0.2, 0.25) is 0 Å². The van der Waals surface area contributed by atoms with Crippen LogP contribution in [-0.2, 0) is 4.84 Å². The van der Waals surface area contributed by atoms with Crippen molar-refractivity contribution in [2.75, 3.05) is 7.11 Å². The Labute approximate surface area is 74.0 Å². The van der Waals surface area contributed by atoms with Crippen molar-refractivity contribution in [2.45, 2.75) is 39.0 Å². The largest absolute Gasteiger partial charge is 0.399 e. The highest BCUT2D eigenvalue weighted by molar-refractivity contribution is 5.83. The maximum absolute atomic E-state index is 8.29. The molecular formula is C9H16N2O. The van der Waals surface area contributed by atoms with E-state index >= 15 is 0 Å². The molecule has 0 saturated heterocycles. The Bertz CT molecular complexity index is 170.